The van der Waals surface area contributed by atoms with Crippen molar-refractivity contribution in [3.8, 4) is 0 Å². The second-order valence-corrected chi connectivity index (χ2v) is 6.70. The topological polar surface area (TPSA) is 63.6 Å². The van der Waals surface area contributed by atoms with Gasteiger partial charge >= 0.3 is 11.9 Å². The fraction of sp³-hybridized carbons (Fsp3) is 0.667. The molecule has 0 saturated carbocycles. The van der Waals surface area contributed by atoms with Gasteiger partial charge in [0.25, 0.3) is 0 Å². The molecular weight excluding hydrogens is 294 g/mol. The van der Waals surface area contributed by atoms with Gasteiger partial charge in [-0.25, -0.2) is 0 Å². The zero-order valence-corrected chi connectivity index (χ0v) is 15.0. The molecular formula is C18H32NO4+. The Bertz CT molecular complexity index is 408. The number of unbranched alkanes of at least 4 members (excludes halogenated alkanes) is 2. The van der Waals surface area contributed by atoms with E-state index in [1.54, 1.807) is 6.08 Å². The van der Waals surface area contributed by atoms with Gasteiger partial charge in [0.05, 0.1) is 34.0 Å². The van der Waals surface area contributed by atoms with Crippen molar-refractivity contribution in [3.05, 3.63) is 24.3 Å². The van der Waals surface area contributed by atoms with Crippen LogP contribution >= 0.6 is 0 Å². The number of hydrogen-bond acceptors (Lipinski definition) is 3. The highest BCUT2D eigenvalue weighted by atomic mass is 16.5. The number of nitrogens with zero attached hydrogens (tertiary/aromatic N) is 1. The average molecular weight is 326 g/mol. The van der Waals surface area contributed by atoms with E-state index in [4.69, 9.17) is 9.84 Å². The SMILES string of the molecule is CCC/C=C/CC/C=C/CC(=O)OC(CC(=O)O)C[N+](C)(C)C. The second-order valence-electron chi connectivity index (χ2n) is 6.70. The maximum Gasteiger partial charge on any atom is 0.310 e. The fourth-order valence-corrected chi connectivity index (χ4v) is 2.08. The zero-order chi connectivity index (χ0) is 17.7. The molecule has 0 aliphatic rings. The number of ether oxygens (including phenoxy) is 1. The van der Waals surface area contributed by atoms with Gasteiger partial charge in [0.2, 0.25) is 0 Å². The Hall–Kier alpha value is -1.62. The summed E-state index contributed by atoms with van der Waals surface area (Å²) in [6, 6.07) is 0. The first-order valence-electron chi connectivity index (χ1n) is 8.26. The van der Waals surface area contributed by atoms with Gasteiger partial charge < -0.3 is 14.3 Å². The minimum Gasteiger partial charge on any atom is -0.481 e. The summed E-state index contributed by atoms with van der Waals surface area (Å²) in [7, 11) is 5.82. The molecule has 0 saturated heterocycles. The summed E-state index contributed by atoms with van der Waals surface area (Å²) in [5.41, 5.74) is 0. The Morgan fingerprint density at radius 3 is 2.13 bits per heavy atom. The van der Waals surface area contributed by atoms with Crippen molar-refractivity contribution in [1.29, 1.82) is 0 Å². The van der Waals surface area contributed by atoms with Crippen LogP contribution in [0.3, 0.4) is 0 Å². The van der Waals surface area contributed by atoms with E-state index in [0.29, 0.717) is 11.0 Å². The van der Waals surface area contributed by atoms with Crippen LogP contribution in [0, 0.1) is 0 Å². The molecule has 1 atom stereocenters. The average Bonchev–Trinajstić information content (AvgIpc) is 2.39. The number of rotatable bonds is 12. The first kappa shape index (κ1) is 21.4. The number of likely N-dealkylation sites (N-methyl/N-ethyl adjacent to an activating group) is 1. The van der Waals surface area contributed by atoms with E-state index in [1.807, 2.05) is 27.2 Å². The maximum atomic E-state index is 11.8. The van der Waals surface area contributed by atoms with Gasteiger partial charge in [0.1, 0.15) is 6.54 Å². The minimum atomic E-state index is -0.953. The first-order valence-corrected chi connectivity index (χ1v) is 8.26. The van der Waals surface area contributed by atoms with Crippen molar-refractivity contribution in [2.24, 2.45) is 0 Å². The summed E-state index contributed by atoms with van der Waals surface area (Å²) in [6.07, 6.45) is 11.6. The number of carbonyl (C=O) groups excluding carboxylic acids is 1. The van der Waals surface area contributed by atoms with E-state index < -0.39 is 12.1 Å². The number of esters is 1. The molecule has 0 spiro atoms. The lowest BCUT2D eigenvalue weighted by atomic mass is 10.2. The molecule has 1 N–H and O–H groups in total. The van der Waals surface area contributed by atoms with Crippen LogP contribution in [0.5, 0.6) is 0 Å². The van der Waals surface area contributed by atoms with E-state index in [9.17, 15) is 9.59 Å². The number of aliphatic carboxylic acids is 1. The molecule has 1 unspecified atom stereocenters. The number of carboxylic acids is 1. The molecule has 23 heavy (non-hydrogen) atoms. The molecule has 0 radical (unpaired) electrons. The van der Waals surface area contributed by atoms with Crippen molar-refractivity contribution >= 4 is 11.9 Å². The van der Waals surface area contributed by atoms with Crippen LogP contribution in [0.1, 0.15) is 45.4 Å². The van der Waals surface area contributed by atoms with E-state index in [1.165, 1.54) is 0 Å². The Morgan fingerprint density at radius 1 is 1.04 bits per heavy atom. The van der Waals surface area contributed by atoms with Crippen LogP contribution in [0.15, 0.2) is 24.3 Å². The van der Waals surface area contributed by atoms with Gasteiger partial charge in [-0.3, -0.25) is 9.59 Å². The van der Waals surface area contributed by atoms with Gasteiger partial charge in [0, 0.05) is 0 Å². The summed E-state index contributed by atoms with van der Waals surface area (Å²) in [4.78, 5) is 22.7. The molecule has 5 heteroatoms. The molecule has 0 aromatic carbocycles. The maximum absolute atomic E-state index is 11.8. The van der Waals surface area contributed by atoms with Gasteiger partial charge in [-0.05, 0) is 19.3 Å². The van der Waals surface area contributed by atoms with Crippen LogP contribution in [0.2, 0.25) is 0 Å². The largest absolute Gasteiger partial charge is 0.481 e. The standard InChI is InChI=1S/C18H31NO4/c1-5-6-7-8-9-10-11-12-13-18(22)23-16(14-17(20)21)15-19(2,3)4/h7-8,11-12,16H,5-6,9-10,13-15H2,1-4H3/p+1/b8-7+,12-11+. The minimum absolute atomic E-state index is 0.160. The molecule has 0 rings (SSSR count). The van der Waals surface area contributed by atoms with Crippen molar-refractivity contribution in [3.63, 3.8) is 0 Å². The van der Waals surface area contributed by atoms with E-state index >= 15 is 0 Å². The van der Waals surface area contributed by atoms with E-state index in [0.717, 1.165) is 25.7 Å². The Balaban J connectivity index is 4.14. The summed E-state index contributed by atoms with van der Waals surface area (Å²) >= 11 is 0. The number of allylic oxidation sites excluding steroid dienone is 3. The summed E-state index contributed by atoms with van der Waals surface area (Å²) in [6.45, 7) is 2.62. The van der Waals surface area contributed by atoms with Crippen LogP contribution in [0.25, 0.3) is 0 Å². The lowest BCUT2D eigenvalue weighted by molar-refractivity contribution is -0.873. The van der Waals surface area contributed by atoms with Gasteiger partial charge in [-0.2, -0.15) is 0 Å². The first-order chi connectivity index (χ1) is 10.7. The lowest BCUT2D eigenvalue weighted by Gasteiger charge is -2.28. The van der Waals surface area contributed by atoms with Crippen LogP contribution in [0.4, 0.5) is 0 Å². The van der Waals surface area contributed by atoms with Crippen molar-refractivity contribution < 1.29 is 23.9 Å². The van der Waals surface area contributed by atoms with E-state index in [-0.39, 0.29) is 18.8 Å². The van der Waals surface area contributed by atoms with Crippen molar-refractivity contribution in [2.45, 2.75) is 51.6 Å². The summed E-state index contributed by atoms with van der Waals surface area (Å²) < 4.78 is 5.84. The smallest absolute Gasteiger partial charge is 0.310 e. The monoisotopic (exact) mass is 326 g/mol. The Kier molecular flexibility index (Phi) is 11.0. The molecule has 5 nitrogen and oxygen atoms in total. The van der Waals surface area contributed by atoms with Gasteiger partial charge in [-0.1, -0.05) is 37.6 Å². The Labute approximate surface area is 140 Å². The molecule has 0 bridgehead atoms. The Morgan fingerprint density at radius 2 is 1.61 bits per heavy atom. The van der Waals surface area contributed by atoms with Crippen LogP contribution in [-0.2, 0) is 14.3 Å². The predicted octanol–water partition coefficient (Wildman–Crippen LogP) is 3.16. The lowest BCUT2D eigenvalue weighted by Crippen LogP contribution is -2.43. The third-order valence-corrected chi connectivity index (χ3v) is 3.02. The van der Waals surface area contributed by atoms with Gasteiger partial charge in [-0.15, -0.1) is 0 Å². The van der Waals surface area contributed by atoms with E-state index in [2.05, 4.69) is 19.1 Å². The predicted molar refractivity (Wildman–Crippen MR) is 92.1 cm³/mol. The third kappa shape index (κ3) is 15.1. The summed E-state index contributed by atoms with van der Waals surface area (Å²) in [5, 5.41) is 8.91. The van der Waals surface area contributed by atoms with Crippen LogP contribution in [-0.4, -0.2) is 55.3 Å². The zero-order valence-electron chi connectivity index (χ0n) is 15.0. The molecule has 0 aromatic rings. The van der Waals surface area contributed by atoms with Gasteiger partial charge in [0.15, 0.2) is 6.10 Å². The highest BCUT2D eigenvalue weighted by Gasteiger charge is 2.24. The highest BCUT2D eigenvalue weighted by Crippen LogP contribution is 2.07. The van der Waals surface area contributed by atoms with Crippen molar-refractivity contribution in [1.82, 2.24) is 0 Å². The quantitative estimate of drug-likeness (QED) is 0.259. The highest BCUT2D eigenvalue weighted by molar-refractivity contribution is 5.72. The number of carbonyl (C=O) groups is 2. The van der Waals surface area contributed by atoms with Crippen LogP contribution < -0.4 is 0 Å². The summed E-state index contributed by atoms with van der Waals surface area (Å²) in [5.74, 6) is -1.33. The molecule has 0 heterocycles. The molecule has 0 aliphatic heterocycles. The molecule has 0 fully saturated rings. The molecule has 0 aliphatic carbocycles. The van der Waals surface area contributed by atoms with Crippen molar-refractivity contribution in [2.75, 3.05) is 27.7 Å². The molecule has 0 aromatic heterocycles. The number of hydrogen-bond donors (Lipinski definition) is 1. The second kappa shape index (κ2) is 11.9. The molecule has 132 valence electrons. The third-order valence-electron chi connectivity index (χ3n) is 3.02. The number of quaternary nitrogens is 1. The fourth-order valence-electron chi connectivity index (χ4n) is 2.08. The molecule has 0 amide bonds. The normalized spacial score (nSPS) is 13.6. The number of carboxylic acid groups (broad SMARTS) is 1.